The lowest BCUT2D eigenvalue weighted by molar-refractivity contribution is -0.137. The maximum Gasteiger partial charge on any atom is 0.339 e. The van der Waals surface area contributed by atoms with Crippen molar-refractivity contribution in [3.63, 3.8) is 0 Å². The van der Waals surface area contributed by atoms with E-state index in [4.69, 9.17) is 10.2 Å². The van der Waals surface area contributed by atoms with Gasteiger partial charge in [-0.05, 0) is 30.5 Å². The van der Waals surface area contributed by atoms with Crippen LogP contribution in [0.4, 0.5) is 0 Å². The Morgan fingerprint density at radius 3 is 2.44 bits per heavy atom. The number of carboxylic acids is 2. The van der Waals surface area contributed by atoms with Crippen LogP contribution in [0.15, 0.2) is 18.2 Å². The summed E-state index contributed by atoms with van der Waals surface area (Å²) in [5.74, 6) is -2.36. The van der Waals surface area contributed by atoms with E-state index >= 15 is 0 Å². The summed E-state index contributed by atoms with van der Waals surface area (Å²) in [5.41, 5.74) is 0.546. The molecular weight excluding hydrogens is 212 g/mol. The van der Waals surface area contributed by atoms with E-state index in [0.29, 0.717) is 18.4 Å². The molecule has 0 unspecified atom stereocenters. The van der Waals surface area contributed by atoms with E-state index in [1.165, 1.54) is 12.1 Å². The average molecular weight is 224 g/mol. The number of aliphatic carboxylic acids is 1. The van der Waals surface area contributed by atoms with Gasteiger partial charge in [-0.3, -0.25) is 4.79 Å². The van der Waals surface area contributed by atoms with Crippen LogP contribution in [-0.2, 0) is 11.2 Å². The SMILES string of the molecule is O=C(O)CCCc1ccc(O)c(C(=O)O)c1. The molecule has 0 aliphatic heterocycles. The van der Waals surface area contributed by atoms with Gasteiger partial charge in [-0.15, -0.1) is 0 Å². The van der Waals surface area contributed by atoms with Crippen LogP contribution in [0, 0.1) is 0 Å². The molecule has 0 amide bonds. The molecule has 5 nitrogen and oxygen atoms in total. The van der Waals surface area contributed by atoms with Crippen molar-refractivity contribution in [3.8, 4) is 5.75 Å². The van der Waals surface area contributed by atoms with Crippen molar-refractivity contribution in [1.82, 2.24) is 0 Å². The number of hydrogen-bond acceptors (Lipinski definition) is 3. The molecule has 1 aromatic rings. The molecule has 86 valence electrons. The number of carboxylic acid groups (broad SMARTS) is 2. The number of phenols is 1. The van der Waals surface area contributed by atoms with E-state index in [1.54, 1.807) is 6.07 Å². The second-order valence-corrected chi connectivity index (χ2v) is 3.40. The Labute approximate surface area is 92.0 Å². The fourth-order valence-corrected chi connectivity index (χ4v) is 1.35. The Balaban J connectivity index is 2.71. The molecule has 3 N–H and O–H groups in total. The molecule has 0 fully saturated rings. The van der Waals surface area contributed by atoms with Crippen molar-refractivity contribution in [2.45, 2.75) is 19.3 Å². The van der Waals surface area contributed by atoms with Gasteiger partial charge in [0.05, 0.1) is 0 Å². The van der Waals surface area contributed by atoms with Crippen molar-refractivity contribution in [2.24, 2.45) is 0 Å². The minimum absolute atomic E-state index is 0.0449. The van der Waals surface area contributed by atoms with E-state index in [0.717, 1.165) is 0 Å². The van der Waals surface area contributed by atoms with Gasteiger partial charge in [0.1, 0.15) is 11.3 Å². The van der Waals surface area contributed by atoms with Crippen molar-refractivity contribution >= 4 is 11.9 Å². The second-order valence-electron chi connectivity index (χ2n) is 3.40. The highest BCUT2D eigenvalue weighted by Crippen LogP contribution is 2.19. The van der Waals surface area contributed by atoms with Crippen LogP contribution < -0.4 is 0 Å². The molecule has 0 saturated carbocycles. The fourth-order valence-electron chi connectivity index (χ4n) is 1.35. The van der Waals surface area contributed by atoms with Crippen molar-refractivity contribution in [1.29, 1.82) is 0 Å². The highest BCUT2D eigenvalue weighted by Gasteiger charge is 2.10. The van der Waals surface area contributed by atoms with E-state index in [1.807, 2.05) is 0 Å². The molecule has 0 saturated heterocycles. The van der Waals surface area contributed by atoms with Gasteiger partial charge < -0.3 is 15.3 Å². The number of benzene rings is 1. The number of aryl methyl sites for hydroxylation is 1. The van der Waals surface area contributed by atoms with E-state index in [-0.39, 0.29) is 17.7 Å². The predicted molar refractivity (Wildman–Crippen MR) is 55.6 cm³/mol. The highest BCUT2D eigenvalue weighted by atomic mass is 16.4. The molecule has 0 radical (unpaired) electrons. The smallest absolute Gasteiger partial charge is 0.339 e. The molecule has 0 aromatic heterocycles. The zero-order valence-corrected chi connectivity index (χ0v) is 8.51. The Morgan fingerprint density at radius 1 is 1.19 bits per heavy atom. The molecule has 0 aliphatic carbocycles. The van der Waals surface area contributed by atoms with E-state index in [2.05, 4.69) is 0 Å². The summed E-state index contributed by atoms with van der Waals surface area (Å²) in [7, 11) is 0. The van der Waals surface area contributed by atoms with Crippen molar-refractivity contribution < 1.29 is 24.9 Å². The van der Waals surface area contributed by atoms with Gasteiger partial charge in [0.2, 0.25) is 0 Å². The van der Waals surface area contributed by atoms with Gasteiger partial charge in [0.15, 0.2) is 0 Å². The van der Waals surface area contributed by atoms with Crippen LogP contribution in [-0.4, -0.2) is 27.3 Å². The van der Waals surface area contributed by atoms with Gasteiger partial charge >= 0.3 is 11.9 Å². The molecule has 16 heavy (non-hydrogen) atoms. The number of aromatic hydroxyl groups is 1. The largest absolute Gasteiger partial charge is 0.507 e. The predicted octanol–water partition coefficient (Wildman–Crippen LogP) is 1.50. The molecule has 1 aromatic carbocycles. The maximum absolute atomic E-state index is 10.7. The third-order valence-electron chi connectivity index (χ3n) is 2.15. The number of aromatic carboxylic acids is 1. The second kappa shape index (κ2) is 5.16. The molecule has 5 heteroatoms. The Morgan fingerprint density at radius 2 is 1.88 bits per heavy atom. The average Bonchev–Trinajstić information content (AvgIpc) is 2.19. The first-order chi connectivity index (χ1) is 7.50. The lowest BCUT2D eigenvalue weighted by atomic mass is 10.0. The first-order valence-electron chi connectivity index (χ1n) is 4.77. The first kappa shape index (κ1) is 12.0. The Bertz CT molecular complexity index is 411. The van der Waals surface area contributed by atoms with Gasteiger partial charge in [-0.1, -0.05) is 6.07 Å². The molecule has 0 spiro atoms. The summed E-state index contributed by atoms with van der Waals surface area (Å²) in [6, 6.07) is 4.25. The highest BCUT2D eigenvalue weighted by molar-refractivity contribution is 5.90. The number of rotatable bonds is 5. The zero-order valence-electron chi connectivity index (χ0n) is 8.51. The summed E-state index contributed by atoms with van der Waals surface area (Å²) in [5, 5.41) is 26.4. The topological polar surface area (TPSA) is 94.8 Å². The summed E-state index contributed by atoms with van der Waals surface area (Å²) in [6.07, 6.45) is 0.968. The number of carbonyl (C=O) groups is 2. The zero-order chi connectivity index (χ0) is 12.1. The van der Waals surface area contributed by atoms with E-state index in [9.17, 15) is 14.7 Å². The molecule has 0 atom stereocenters. The third kappa shape index (κ3) is 3.27. The Kier molecular flexibility index (Phi) is 3.88. The standard InChI is InChI=1S/C11H12O5/c12-9-5-4-7(2-1-3-10(13)14)6-8(9)11(15)16/h4-6,12H,1-3H2,(H,13,14)(H,15,16). The van der Waals surface area contributed by atoms with Crippen molar-refractivity contribution in [2.75, 3.05) is 0 Å². The van der Waals surface area contributed by atoms with Gasteiger partial charge in [0, 0.05) is 6.42 Å². The van der Waals surface area contributed by atoms with Crippen LogP contribution in [0.1, 0.15) is 28.8 Å². The molecule has 0 heterocycles. The minimum Gasteiger partial charge on any atom is -0.507 e. The van der Waals surface area contributed by atoms with Crippen LogP contribution in [0.2, 0.25) is 0 Å². The lowest BCUT2D eigenvalue weighted by Gasteiger charge is -2.03. The molecule has 0 bridgehead atoms. The number of hydrogen-bond donors (Lipinski definition) is 3. The van der Waals surface area contributed by atoms with Crippen molar-refractivity contribution in [3.05, 3.63) is 29.3 Å². The summed E-state index contributed by atoms with van der Waals surface area (Å²) >= 11 is 0. The quantitative estimate of drug-likeness (QED) is 0.704. The fraction of sp³-hybridized carbons (Fsp3) is 0.273. The lowest BCUT2D eigenvalue weighted by Crippen LogP contribution is -2.00. The monoisotopic (exact) mass is 224 g/mol. The Hall–Kier alpha value is -2.04. The summed E-state index contributed by atoms with van der Waals surface area (Å²) < 4.78 is 0. The van der Waals surface area contributed by atoms with E-state index < -0.39 is 11.9 Å². The van der Waals surface area contributed by atoms with Gasteiger partial charge in [-0.2, -0.15) is 0 Å². The molecule has 1 rings (SSSR count). The van der Waals surface area contributed by atoms with Crippen LogP contribution in [0.25, 0.3) is 0 Å². The summed E-state index contributed by atoms with van der Waals surface area (Å²) in [4.78, 5) is 21.0. The molecular formula is C11H12O5. The van der Waals surface area contributed by atoms with Crippen LogP contribution in [0.3, 0.4) is 0 Å². The summed E-state index contributed by atoms with van der Waals surface area (Å²) in [6.45, 7) is 0. The third-order valence-corrected chi connectivity index (χ3v) is 2.15. The van der Waals surface area contributed by atoms with Crippen LogP contribution >= 0.6 is 0 Å². The van der Waals surface area contributed by atoms with Gasteiger partial charge in [-0.25, -0.2) is 4.79 Å². The first-order valence-corrected chi connectivity index (χ1v) is 4.77. The molecule has 0 aliphatic rings. The normalized spacial score (nSPS) is 10.0. The van der Waals surface area contributed by atoms with Crippen LogP contribution in [0.5, 0.6) is 5.75 Å². The minimum atomic E-state index is -1.20. The van der Waals surface area contributed by atoms with Gasteiger partial charge in [0.25, 0.3) is 0 Å². The maximum atomic E-state index is 10.7.